The van der Waals surface area contributed by atoms with Gasteiger partial charge in [0, 0.05) is 43.9 Å². The number of carbonyl (C=O) groups is 2. The Labute approximate surface area is 234 Å². The van der Waals surface area contributed by atoms with Crippen molar-refractivity contribution >= 4 is 17.5 Å². The monoisotopic (exact) mass is 546 g/mol. The third-order valence-electron chi connectivity index (χ3n) is 6.84. The van der Waals surface area contributed by atoms with E-state index in [1.165, 1.54) is 12.1 Å². The van der Waals surface area contributed by atoms with Crippen LogP contribution in [-0.2, 0) is 4.79 Å². The Bertz CT molecular complexity index is 1330. The average molecular weight is 547 g/mol. The van der Waals surface area contributed by atoms with Crippen LogP contribution in [0, 0.1) is 12.7 Å². The molecule has 2 amide bonds. The number of pyridine rings is 1. The van der Waals surface area contributed by atoms with Crippen molar-refractivity contribution in [2.24, 2.45) is 0 Å². The van der Waals surface area contributed by atoms with Crippen molar-refractivity contribution in [1.29, 1.82) is 0 Å². The van der Waals surface area contributed by atoms with E-state index in [2.05, 4.69) is 21.8 Å². The molecule has 1 fully saturated rings. The highest BCUT2D eigenvalue weighted by Gasteiger charge is 2.28. The van der Waals surface area contributed by atoms with Gasteiger partial charge in [-0.2, -0.15) is 0 Å². The van der Waals surface area contributed by atoms with Crippen molar-refractivity contribution in [2.45, 2.75) is 32.9 Å². The Morgan fingerprint density at radius 1 is 1.18 bits per heavy atom. The van der Waals surface area contributed by atoms with Crippen LogP contribution in [0.2, 0.25) is 0 Å². The summed E-state index contributed by atoms with van der Waals surface area (Å²) in [4.78, 5) is 33.1. The molecule has 4 rings (SSSR count). The van der Waals surface area contributed by atoms with Crippen LogP contribution in [0.4, 0.5) is 10.1 Å². The molecule has 0 spiro atoms. The van der Waals surface area contributed by atoms with Crippen LogP contribution in [0.25, 0.3) is 0 Å². The second-order valence-corrected chi connectivity index (χ2v) is 9.76. The summed E-state index contributed by atoms with van der Waals surface area (Å²) in [6, 6.07) is 15.4. The molecule has 1 aliphatic rings. The summed E-state index contributed by atoms with van der Waals surface area (Å²) in [7, 11) is 0. The summed E-state index contributed by atoms with van der Waals surface area (Å²) in [6.45, 7) is 12.1. The number of hydrogen-bond acceptors (Lipinski definition) is 6. The Morgan fingerprint density at radius 2 is 1.95 bits per heavy atom. The summed E-state index contributed by atoms with van der Waals surface area (Å²) in [5.74, 6) is 0.390. The molecule has 40 heavy (non-hydrogen) atoms. The number of nitrogens with zero attached hydrogens (tertiary/aromatic N) is 3. The molecule has 0 radical (unpaired) electrons. The van der Waals surface area contributed by atoms with Crippen LogP contribution in [0.15, 0.2) is 73.4 Å². The molecule has 0 unspecified atom stereocenters. The first-order valence-electron chi connectivity index (χ1n) is 13.4. The number of rotatable bonds is 10. The van der Waals surface area contributed by atoms with Gasteiger partial charge in [0.2, 0.25) is 11.8 Å². The fourth-order valence-corrected chi connectivity index (χ4v) is 4.64. The highest BCUT2D eigenvalue weighted by Crippen LogP contribution is 2.26. The second kappa shape index (κ2) is 13.2. The predicted octanol–water partition coefficient (Wildman–Crippen LogP) is 5.02. The Morgan fingerprint density at radius 3 is 2.58 bits per heavy atom. The van der Waals surface area contributed by atoms with E-state index in [9.17, 15) is 14.0 Å². The van der Waals surface area contributed by atoms with E-state index in [-0.39, 0.29) is 23.7 Å². The Kier molecular flexibility index (Phi) is 9.50. The van der Waals surface area contributed by atoms with E-state index in [1.807, 2.05) is 19.9 Å². The first-order chi connectivity index (χ1) is 19.3. The molecule has 3 aromatic rings. The molecule has 2 atom stereocenters. The van der Waals surface area contributed by atoms with Crippen LogP contribution in [-0.4, -0.2) is 65.4 Å². The Hall–Kier alpha value is -4.24. The van der Waals surface area contributed by atoms with Gasteiger partial charge in [0.05, 0.1) is 18.5 Å². The minimum absolute atomic E-state index is 0.0121. The van der Waals surface area contributed by atoms with Gasteiger partial charge in [-0.05, 0) is 74.4 Å². The number of ether oxygens (including phenoxy) is 2. The SMILES string of the molecule is C=CC(=O)N1CCN(C[C@H](Oc2ccc(C(=O)Nc3ccc(OCC)nc3)cc2)c2ccc(C)c(F)c2)C[C@H]1C. The summed E-state index contributed by atoms with van der Waals surface area (Å²) >= 11 is 0. The van der Waals surface area contributed by atoms with Gasteiger partial charge in [-0.15, -0.1) is 0 Å². The van der Waals surface area contributed by atoms with Crippen molar-refractivity contribution in [2.75, 3.05) is 38.1 Å². The van der Waals surface area contributed by atoms with Gasteiger partial charge in [0.15, 0.2) is 0 Å². The van der Waals surface area contributed by atoms with Crippen molar-refractivity contribution in [3.8, 4) is 11.6 Å². The fraction of sp³-hybridized carbons (Fsp3) is 0.323. The zero-order chi connectivity index (χ0) is 28.6. The number of piperazine rings is 1. The summed E-state index contributed by atoms with van der Waals surface area (Å²) in [5, 5.41) is 2.82. The number of aryl methyl sites for hydroxylation is 1. The molecule has 2 heterocycles. The van der Waals surface area contributed by atoms with E-state index in [1.54, 1.807) is 60.5 Å². The first kappa shape index (κ1) is 28.8. The number of halogens is 1. The van der Waals surface area contributed by atoms with Crippen LogP contribution < -0.4 is 14.8 Å². The summed E-state index contributed by atoms with van der Waals surface area (Å²) in [5.41, 5.74) is 2.28. The molecule has 1 aliphatic heterocycles. The number of hydrogen-bond donors (Lipinski definition) is 1. The largest absolute Gasteiger partial charge is 0.484 e. The molecule has 210 valence electrons. The molecule has 0 saturated carbocycles. The van der Waals surface area contributed by atoms with Gasteiger partial charge in [-0.3, -0.25) is 14.5 Å². The second-order valence-electron chi connectivity index (χ2n) is 9.76. The Balaban J connectivity index is 1.45. The quantitative estimate of drug-likeness (QED) is 0.360. The lowest BCUT2D eigenvalue weighted by molar-refractivity contribution is -0.130. The molecule has 0 aliphatic carbocycles. The number of carbonyl (C=O) groups excluding carboxylic acids is 2. The van der Waals surface area contributed by atoms with E-state index in [0.29, 0.717) is 66.8 Å². The van der Waals surface area contributed by atoms with E-state index >= 15 is 0 Å². The van der Waals surface area contributed by atoms with Crippen molar-refractivity contribution < 1.29 is 23.5 Å². The standard InChI is InChI=1S/C31H35FN4O4/c1-5-30(37)36-16-15-35(19-22(36)4)20-28(24-8-7-21(3)27(32)17-24)40-26-12-9-23(10-13-26)31(38)34-25-11-14-29(33-18-25)39-6-2/h5,7-14,17-18,22,28H,1,6,15-16,19-20H2,2-4H3,(H,34,38)/t22-,28+/m1/s1. The molecule has 1 N–H and O–H groups in total. The summed E-state index contributed by atoms with van der Waals surface area (Å²) < 4.78 is 26.2. The number of anilines is 1. The van der Waals surface area contributed by atoms with Gasteiger partial charge >= 0.3 is 0 Å². The first-order valence-corrected chi connectivity index (χ1v) is 13.4. The highest BCUT2D eigenvalue weighted by atomic mass is 19.1. The van der Waals surface area contributed by atoms with Crippen LogP contribution in [0.5, 0.6) is 11.6 Å². The third kappa shape index (κ3) is 7.24. The predicted molar refractivity (Wildman–Crippen MR) is 152 cm³/mol. The normalized spacial score (nSPS) is 16.2. The fourth-order valence-electron chi connectivity index (χ4n) is 4.64. The lowest BCUT2D eigenvalue weighted by Gasteiger charge is -2.40. The van der Waals surface area contributed by atoms with E-state index in [0.717, 1.165) is 0 Å². The minimum atomic E-state index is -0.460. The van der Waals surface area contributed by atoms with Gasteiger partial charge < -0.3 is 19.7 Å². The maximum absolute atomic E-state index is 14.5. The molecular weight excluding hydrogens is 511 g/mol. The number of benzene rings is 2. The zero-order valence-electron chi connectivity index (χ0n) is 23.1. The topological polar surface area (TPSA) is 84.0 Å². The van der Waals surface area contributed by atoms with Gasteiger partial charge in [-0.1, -0.05) is 18.7 Å². The summed E-state index contributed by atoms with van der Waals surface area (Å²) in [6.07, 6.45) is 2.42. The smallest absolute Gasteiger partial charge is 0.255 e. The molecule has 0 bridgehead atoms. The molecule has 1 aromatic heterocycles. The molecule has 9 heteroatoms. The van der Waals surface area contributed by atoms with Crippen molar-refractivity contribution in [3.63, 3.8) is 0 Å². The highest BCUT2D eigenvalue weighted by molar-refractivity contribution is 6.04. The van der Waals surface area contributed by atoms with Crippen LogP contribution in [0.3, 0.4) is 0 Å². The lowest BCUT2D eigenvalue weighted by atomic mass is 10.0. The van der Waals surface area contributed by atoms with E-state index < -0.39 is 6.10 Å². The minimum Gasteiger partial charge on any atom is -0.484 e. The molecule has 1 saturated heterocycles. The third-order valence-corrected chi connectivity index (χ3v) is 6.84. The van der Waals surface area contributed by atoms with Crippen LogP contribution >= 0.6 is 0 Å². The van der Waals surface area contributed by atoms with Crippen LogP contribution in [0.1, 0.15) is 41.4 Å². The number of aromatic nitrogens is 1. The van der Waals surface area contributed by atoms with Gasteiger partial charge in [0.25, 0.3) is 5.91 Å². The van der Waals surface area contributed by atoms with Crippen molar-refractivity contribution in [3.05, 3.63) is 96.0 Å². The maximum Gasteiger partial charge on any atom is 0.255 e. The average Bonchev–Trinajstić information content (AvgIpc) is 2.95. The molecular formula is C31H35FN4O4. The lowest BCUT2D eigenvalue weighted by Crippen LogP contribution is -2.54. The van der Waals surface area contributed by atoms with Gasteiger partial charge in [0.1, 0.15) is 17.7 Å². The molecule has 8 nitrogen and oxygen atoms in total. The van der Waals surface area contributed by atoms with Crippen molar-refractivity contribution in [1.82, 2.24) is 14.8 Å². The zero-order valence-corrected chi connectivity index (χ0v) is 23.1. The van der Waals surface area contributed by atoms with Gasteiger partial charge in [-0.25, -0.2) is 9.37 Å². The number of nitrogens with one attached hydrogen (secondary N) is 1. The number of amides is 2. The van der Waals surface area contributed by atoms with E-state index in [4.69, 9.17) is 9.47 Å². The maximum atomic E-state index is 14.5. The molecule has 2 aromatic carbocycles.